The predicted octanol–water partition coefficient (Wildman–Crippen LogP) is 4.21. The van der Waals surface area contributed by atoms with Crippen LogP contribution in [0.5, 0.6) is 11.5 Å². The van der Waals surface area contributed by atoms with Crippen molar-refractivity contribution < 1.29 is 14.3 Å². The number of amides is 1. The molecule has 4 rings (SSSR count). The lowest BCUT2D eigenvalue weighted by molar-refractivity contribution is -0.124. The molecule has 0 spiro atoms. The molecular formula is C18H16N2O3S. The molecule has 1 aliphatic rings. The fourth-order valence-electron chi connectivity index (χ4n) is 2.62. The zero-order valence-electron chi connectivity index (χ0n) is 12.9. The van der Waals surface area contributed by atoms with Crippen LogP contribution in [0, 0.1) is 0 Å². The average molecular weight is 340 g/mol. The summed E-state index contributed by atoms with van der Waals surface area (Å²) in [7, 11) is 0. The minimum Gasteiger partial charge on any atom is -0.457 e. The summed E-state index contributed by atoms with van der Waals surface area (Å²) < 4.78 is 12.2. The summed E-state index contributed by atoms with van der Waals surface area (Å²) in [5.41, 5.74) is 0.836. The third-order valence-electron chi connectivity index (χ3n) is 3.79. The van der Waals surface area contributed by atoms with Gasteiger partial charge in [0.1, 0.15) is 17.6 Å². The van der Waals surface area contributed by atoms with Crippen molar-refractivity contribution in [2.45, 2.75) is 18.9 Å². The zero-order valence-corrected chi connectivity index (χ0v) is 13.7. The minimum absolute atomic E-state index is 0.118. The van der Waals surface area contributed by atoms with E-state index in [0.29, 0.717) is 11.7 Å². The first-order valence-electron chi connectivity index (χ1n) is 7.84. The number of benzene rings is 2. The Morgan fingerprint density at radius 1 is 1.21 bits per heavy atom. The van der Waals surface area contributed by atoms with E-state index < -0.39 is 0 Å². The summed E-state index contributed by atoms with van der Waals surface area (Å²) in [6.07, 6.45) is 1.35. The molecule has 1 aliphatic heterocycles. The SMILES string of the molecule is O=C(Nc1nc2ccc(Oc3ccccc3)cc2s1)C1CCCO1. The Morgan fingerprint density at radius 2 is 2.08 bits per heavy atom. The maximum atomic E-state index is 12.1. The van der Waals surface area contributed by atoms with Crippen molar-refractivity contribution in [2.24, 2.45) is 0 Å². The van der Waals surface area contributed by atoms with Crippen molar-refractivity contribution in [3.05, 3.63) is 48.5 Å². The number of carbonyl (C=O) groups excluding carboxylic acids is 1. The van der Waals surface area contributed by atoms with Crippen LogP contribution in [-0.4, -0.2) is 23.6 Å². The van der Waals surface area contributed by atoms with E-state index in [1.54, 1.807) is 0 Å². The van der Waals surface area contributed by atoms with E-state index in [1.807, 2.05) is 48.5 Å². The molecule has 1 saturated heterocycles. The van der Waals surface area contributed by atoms with Crippen LogP contribution in [0.25, 0.3) is 10.2 Å². The lowest BCUT2D eigenvalue weighted by Gasteiger charge is -2.07. The normalized spacial score (nSPS) is 17.1. The third-order valence-corrected chi connectivity index (χ3v) is 4.72. The number of fused-ring (bicyclic) bond motifs is 1. The van der Waals surface area contributed by atoms with Crippen molar-refractivity contribution >= 4 is 32.6 Å². The highest BCUT2D eigenvalue weighted by atomic mass is 32.1. The van der Waals surface area contributed by atoms with Gasteiger partial charge in [-0.15, -0.1) is 0 Å². The van der Waals surface area contributed by atoms with E-state index in [9.17, 15) is 4.79 Å². The first-order valence-corrected chi connectivity index (χ1v) is 8.65. The van der Waals surface area contributed by atoms with Gasteiger partial charge in [0.2, 0.25) is 0 Å². The van der Waals surface area contributed by atoms with Crippen LogP contribution in [0.1, 0.15) is 12.8 Å². The van der Waals surface area contributed by atoms with Gasteiger partial charge in [0.05, 0.1) is 10.2 Å². The molecule has 0 aliphatic carbocycles. The predicted molar refractivity (Wildman–Crippen MR) is 93.7 cm³/mol. The van der Waals surface area contributed by atoms with E-state index in [-0.39, 0.29) is 12.0 Å². The topological polar surface area (TPSA) is 60.5 Å². The van der Waals surface area contributed by atoms with Gasteiger partial charge in [-0.2, -0.15) is 0 Å². The van der Waals surface area contributed by atoms with Gasteiger partial charge in [0, 0.05) is 12.7 Å². The molecule has 2 heterocycles. The summed E-state index contributed by atoms with van der Waals surface area (Å²) in [5, 5.41) is 3.43. The van der Waals surface area contributed by atoms with Crippen LogP contribution in [0.15, 0.2) is 48.5 Å². The number of hydrogen-bond donors (Lipinski definition) is 1. The highest BCUT2D eigenvalue weighted by Gasteiger charge is 2.24. The maximum absolute atomic E-state index is 12.1. The van der Waals surface area contributed by atoms with Crippen LogP contribution in [0.2, 0.25) is 0 Å². The molecule has 1 aromatic heterocycles. The minimum atomic E-state index is -0.353. The number of ether oxygens (including phenoxy) is 2. The summed E-state index contributed by atoms with van der Waals surface area (Å²) in [6.45, 7) is 0.651. The van der Waals surface area contributed by atoms with Crippen LogP contribution in [-0.2, 0) is 9.53 Å². The Morgan fingerprint density at radius 3 is 2.88 bits per heavy atom. The average Bonchev–Trinajstić information content (AvgIpc) is 3.24. The third kappa shape index (κ3) is 3.25. The fraction of sp³-hybridized carbons (Fsp3) is 0.222. The van der Waals surface area contributed by atoms with Gasteiger partial charge in [-0.05, 0) is 37.1 Å². The second-order valence-electron chi connectivity index (χ2n) is 5.55. The molecule has 1 amide bonds. The van der Waals surface area contributed by atoms with Crippen molar-refractivity contribution in [3.63, 3.8) is 0 Å². The van der Waals surface area contributed by atoms with Crippen LogP contribution < -0.4 is 10.1 Å². The second kappa shape index (κ2) is 6.59. The standard InChI is InChI=1S/C18H16N2O3S/c21-17(15-7-4-10-22-15)20-18-19-14-9-8-13(11-16(14)24-18)23-12-5-2-1-3-6-12/h1-3,5-6,8-9,11,15H,4,7,10H2,(H,19,20,21). The Kier molecular flexibility index (Phi) is 4.15. The first kappa shape index (κ1) is 15.1. The number of hydrogen-bond acceptors (Lipinski definition) is 5. The van der Waals surface area contributed by atoms with Gasteiger partial charge in [-0.3, -0.25) is 10.1 Å². The summed E-state index contributed by atoms with van der Waals surface area (Å²) in [4.78, 5) is 16.6. The van der Waals surface area contributed by atoms with Crippen molar-refractivity contribution in [1.29, 1.82) is 0 Å². The van der Waals surface area contributed by atoms with E-state index in [1.165, 1.54) is 11.3 Å². The van der Waals surface area contributed by atoms with Gasteiger partial charge < -0.3 is 9.47 Å². The van der Waals surface area contributed by atoms with Gasteiger partial charge >= 0.3 is 0 Å². The molecule has 0 radical (unpaired) electrons. The van der Waals surface area contributed by atoms with E-state index >= 15 is 0 Å². The highest BCUT2D eigenvalue weighted by Crippen LogP contribution is 2.31. The quantitative estimate of drug-likeness (QED) is 0.773. The lowest BCUT2D eigenvalue weighted by Crippen LogP contribution is -2.26. The smallest absolute Gasteiger partial charge is 0.255 e. The summed E-state index contributed by atoms with van der Waals surface area (Å²) >= 11 is 1.43. The molecule has 0 bridgehead atoms. The highest BCUT2D eigenvalue weighted by molar-refractivity contribution is 7.22. The number of nitrogens with zero attached hydrogens (tertiary/aromatic N) is 1. The lowest BCUT2D eigenvalue weighted by atomic mass is 10.2. The molecule has 6 heteroatoms. The second-order valence-corrected chi connectivity index (χ2v) is 6.59. The van der Waals surface area contributed by atoms with Gasteiger partial charge in [0.15, 0.2) is 5.13 Å². The van der Waals surface area contributed by atoms with Crippen LogP contribution >= 0.6 is 11.3 Å². The van der Waals surface area contributed by atoms with Gasteiger partial charge in [-0.1, -0.05) is 29.5 Å². The molecule has 122 valence electrons. The molecule has 3 aromatic rings. The number of carbonyl (C=O) groups is 1. The monoisotopic (exact) mass is 340 g/mol. The molecule has 1 atom stereocenters. The summed E-state index contributed by atoms with van der Waals surface area (Å²) in [5.74, 6) is 1.41. The van der Waals surface area contributed by atoms with Gasteiger partial charge in [-0.25, -0.2) is 4.98 Å². The molecule has 24 heavy (non-hydrogen) atoms. The fourth-order valence-corrected chi connectivity index (χ4v) is 3.51. The number of nitrogens with one attached hydrogen (secondary N) is 1. The van der Waals surface area contributed by atoms with Crippen molar-refractivity contribution in [3.8, 4) is 11.5 Å². The molecular weight excluding hydrogens is 324 g/mol. The maximum Gasteiger partial charge on any atom is 0.255 e. The zero-order chi connectivity index (χ0) is 16.4. The van der Waals surface area contributed by atoms with E-state index in [4.69, 9.17) is 9.47 Å². The Balaban J connectivity index is 1.51. The number of para-hydroxylation sites is 1. The van der Waals surface area contributed by atoms with Crippen molar-refractivity contribution in [1.82, 2.24) is 4.98 Å². The summed E-state index contributed by atoms with van der Waals surface area (Å²) in [6, 6.07) is 15.3. The molecule has 5 nitrogen and oxygen atoms in total. The molecule has 1 fully saturated rings. The Labute approximate surface area is 143 Å². The van der Waals surface area contributed by atoms with Gasteiger partial charge in [0.25, 0.3) is 5.91 Å². The first-order chi connectivity index (χ1) is 11.8. The number of aromatic nitrogens is 1. The number of rotatable bonds is 4. The Bertz CT molecular complexity index is 857. The molecule has 0 saturated carbocycles. The largest absolute Gasteiger partial charge is 0.457 e. The molecule has 1 unspecified atom stereocenters. The van der Waals surface area contributed by atoms with Crippen LogP contribution in [0.4, 0.5) is 5.13 Å². The van der Waals surface area contributed by atoms with Crippen molar-refractivity contribution in [2.75, 3.05) is 11.9 Å². The Hall–Kier alpha value is -2.44. The van der Waals surface area contributed by atoms with Crippen LogP contribution in [0.3, 0.4) is 0 Å². The van der Waals surface area contributed by atoms with E-state index in [0.717, 1.165) is 34.6 Å². The number of anilines is 1. The number of thiazole rings is 1. The molecule has 2 aromatic carbocycles. The van der Waals surface area contributed by atoms with E-state index in [2.05, 4.69) is 10.3 Å². The molecule has 1 N–H and O–H groups in total.